The molecule has 0 radical (unpaired) electrons. The Morgan fingerprint density at radius 2 is 2.04 bits per heavy atom. The number of carbonyl (C=O) groups is 1. The van der Waals surface area contributed by atoms with Crippen LogP contribution in [-0.4, -0.2) is 29.8 Å². The molecule has 1 amide bonds. The number of amides is 1. The van der Waals surface area contributed by atoms with Crippen LogP contribution in [0.4, 0.5) is 5.69 Å². The number of nitrogens with one attached hydrogen (secondary N) is 1. The minimum Gasteiger partial charge on any atom is -0.872 e. The van der Waals surface area contributed by atoms with E-state index < -0.39 is 22.7 Å². The molecule has 25 heavy (non-hydrogen) atoms. The van der Waals surface area contributed by atoms with Crippen molar-refractivity contribution in [2.75, 3.05) is 6.61 Å². The van der Waals surface area contributed by atoms with Gasteiger partial charge in [0.1, 0.15) is 6.61 Å². The fourth-order valence-corrected chi connectivity index (χ4v) is 2.19. The lowest BCUT2D eigenvalue weighted by atomic mass is 10.2. The maximum atomic E-state index is 12.1. The van der Waals surface area contributed by atoms with Crippen molar-refractivity contribution >= 4 is 17.8 Å². The topological polar surface area (TPSA) is 126 Å². The van der Waals surface area contributed by atoms with Crippen molar-refractivity contribution in [2.24, 2.45) is 5.10 Å². The summed E-state index contributed by atoms with van der Waals surface area (Å²) in [6.07, 6.45) is 0.127. The number of nitrogens with zero attached hydrogens (tertiary/aromatic N) is 2. The van der Waals surface area contributed by atoms with Gasteiger partial charge >= 0.3 is 0 Å². The van der Waals surface area contributed by atoms with Crippen molar-refractivity contribution in [1.82, 2.24) is 5.43 Å². The van der Waals surface area contributed by atoms with Crippen LogP contribution >= 0.6 is 0 Å². The van der Waals surface area contributed by atoms with Crippen LogP contribution in [0.15, 0.2) is 47.6 Å². The van der Waals surface area contributed by atoms with Gasteiger partial charge in [0.05, 0.1) is 16.7 Å². The highest BCUT2D eigenvalue weighted by atomic mass is 16.6. The van der Waals surface area contributed by atoms with E-state index >= 15 is 0 Å². The summed E-state index contributed by atoms with van der Waals surface area (Å²) in [7, 11) is 0. The molecule has 1 aliphatic rings. The summed E-state index contributed by atoms with van der Waals surface area (Å²) in [5, 5.41) is 25.9. The minimum atomic E-state index is -0.909. The number of rotatable bonds is 4. The summed E-state index contributed by atoms with van der Waals surface area (Å²) in [5.74, 6) is -0.00353. The molecule has 2 aromatic carbocycles. The fraction of sp³-hybridized carbons (Fsp3) is 0.125. The lowest BCUT2D eigenvalue weighted by Crippen LogP contribution is -2.42. The highest BCUT2D eigenvalue weighted by Gasteiger charge is 2.27. The molecule has 3 rings (SSSR count). The van der Waals surface area contributed by atoms with Crippen LogP contribution in [0.3, 0.4) is 0 Å². The minimum absolute atomic E-state index is 0.00849. The summed E-state index contributed by atoms with van der Waals surface area (Å²) >= 11 is 0. The number of carbonyl (C=O) groups excluding carboxylic acids is 1. The van der Waals surface area contributed by atoms with E-state index in [1.165, 1.54) is 0 Å². The number of hydrogen-bond donors (Lipinski definition) is 1. The fourth-order valence-electron chi connectivity index (χ4n) is 2.19. The zero-order valence-corrected chi connectivity index (χ0v) is 12.7. The van der Waals surface area contributed by atoms with Crippen LogP contribution in [0.2, 0.25) is 0 Å². The smallest absolute Gasteiger partial charge is 0.284 e. The van der Waals surface area contributed by atoms with Crippen molar-refractivity contribution in [2.45, 2.75) is 6.10 Å². The molecule has 128 valence electrons. The van der Waals surface area contributed by atoms with Gasteiger partial charge in [-0.3, -0.25) is 14.9 Å². The summed E-state index contributed by atoms with van der Waals surface area (Å²) in [5.41, 5.74) is 1.92. The number of fused-ring (bicyclic) bond motifs is 1. The van der Waals surface area contributed by atoms with Gasteiger partial charge in [-0.25, -0.2) is 5.43 Å². The molecule has 0 spiro atoms. The molecule has 0 saturated carbocycles. The largest absolute Gasteiger partial charge is 0.872 e. The molecule has 1 atom stereocenters. The van der Waals surface area contributed by atoms with Crippen LogP contribution in [0.25, 0.3) is 0 Å². The Hall–Kier alpha value is -3.62. The zero-order valence-electron chi connectivity index (χ0n) is 12.7. The van der Waals surface area contributed by atoms with E-state index in [1.54, 1.807) is 24.3 Å². The van der Waals surface area contributed by atoms with Crippen molar-refractivity contribution < 1.29 is 24.3 Å². The van der Waals surface area contributed by atoms with Crippen LogP contribution in [-0.2, 0) is 4.79 Å². The van der Waals surface area contributed by atoms with E-state index in [1.807, 2.05) is 0 Å². The summed E-state index contributed by atoms with van der Waals surface area (Å²) in [4.78, 5) is 22.3. The predicted molar refractivity (Wildman–Crippen MR) is 84.6 cm³/mol. The molecule has 0 fully saturated rings. The average molecular weight is 342 g/mol. The van der Waals surface area contributed by atoms with Gasteiger partial charge in [0, 0.05) is 6.07 Å². The van der Waals surface area contributed by atoms with Crippen LogP contribution in [0.5, 0.6) is 17.2 Å². The zero-order chi connectivity index (χ0) is 17.8. The molecule has 0 bridgehead atoms. The van der Waals surface area contributed by atoms with E-state index in [0.29, 0.717) is 11.5 Å². The van der Waals surface area contributed by atoms with Gasteiger partial charge in [0.15, 0.2) is 11.5 Å². The summed E-state index contributed by atoms with van der Waals surface area (Å²) < 4.78 is 10.9. The second-order valence-corrected chi connectivity index (χ2v) is 5.08. The number of hydrogen-bond acceptors (Lipinski definition) is 7. The first-order valence-corrected chi connectivity index (χ1v) is 7.21. The monoisotopic (exact) mass is 342 g/mol. The highest BCUT2D eigenvalue weighted by molar-refractivity contribution is 5.88. The normalized spacial score (nSPS) is 15.8. The molecule has 0 aromatic heterocycles. The Kier molecular flexibility index (Phi) is 4.46. The van der Waals surface area contributed by atoms with Gasteiger partial charge < -0.3 is 14.6 Å². The standard InChI is InChI=1S/C16H13N3O6/c20-11-5-6-12(19(22)23)10(7-11)8-17-18-16(21)15-9-24-13-3-1-2-4-14(13)25-15/h1-8,15,20H,9H2,(H,18,21)/p-1/b17-8+/t15-/m0/s1. The SMILES string of the molecule is O=C(N/N=C/c1cc([O-])ccc1[N+](=O)[O-])[C@@H]1COc2ccccc2O1. The second-order valence-electron chi connectivity index (χ2n) is 5.08. The first kappa shape index (κ1) is 16.2. The Bertz CT molecular complexity index is 852. The molecule has 9 heteroatoms. The van der Waals surface area contributed by atoms with Gasteiger partial charge in [-0.15, -0.1) is 5.75 Å². The number of para-hydroxylation sites is 2. The number of hydrazone groups is 1. The second kappa shape index (κ2) is 6.87. The van der Waals surface area contributed by atoms with Crippen molar-refractivity contribution in [3.8, 4) is 17.2 Å². The maximum Gasteiger partial charge on any atom is 0.284 e. The van der Waals surface area contributed by atoms with E-state index in [9.17, 15) is 20.0 Å². The predicted octanol–water partition coefficient (Wildman–Crippen LogP) is 0.958. The lowest BCUT2D eigenvalue weighted by molar-refractivity contribution is -0.385. The molecule has 0 saturated heterocycles. The molecular weight excluding hydrogens is 330 g/mol. The molecule has 2 aromatic rings. The first-order valence-electron chi connectivity index (χ1n) is 7.21. The molecule has 1 aliphatic heterocycles. The molecular formula is C16H12N3O6-. The van der Waals surface area contributed by atoms with Crippen LogP contribution in [0, 0.1) is 10.1 Å². The van der Waals surface area contributed by atoms with E-state index in [4.69, 9.17) is 9.47 Å². The molecule has 0 unspecified atom stereocenters. The van der Waals surface area contributed by atoms with Gasteiger partial charge in [-0.2, -0.15) is 5.10 Å². The molecule has 0 aliphatic carbocycles. The number of ether oxygens (including phenoxy) is 2. The lowest BCUT2D eigenvalue weighted by Gasteiger charge is -2.24. The average Bonchev–Trinajstić information content (AvgIpc) is 2.61. The van der Waals surface area contributed by atoms with Gasteiger partial charge in [-0.05, 0) is 12.1 Å². The van der Waals surface area contributed by atoms with Gasteiger partial charge in [0.2, 0.25) is 6.10 Å². The maximum absolute atomic E-state index is 12.1. The third-order valence-corrected chi connectivity index (χ3v) is 3.38. The Labute approximate surface area is 141 Å². The third-order valence-electron chi connectivity index (χ3n) is 3.38. The Morgan fingerprint density at radius 3 is 2.80 bits per heavy atom. The molecule has 9 nitrogen and oxygen atoms in total. The van der Waals surface area contributed by atoms with Gasteiger partial charge in [-0.1, -0.05) is 24.3 Å². The number of nitro benzene ring substituents is 1. The van der Waals surface area contributed by atoms with Crippen molar-refractivity contribution in [1.29, 1.82) is 0 Å². The molecule has 1 heterocycles. The summed E-state index contributed by atoms with van der Waals surface area (Å²) in [6, 6.07) is 10.1. The Balaban J connectivity index is 1.66. The van der Waals surface area contributed by atoms with Crippen molar-refractivity contribution in [3.63, 3.8) is 0 Å². The summed E-state index contributed by atoms with van der Waals surface area (Å²) in [6.45, 7) is 0.00849. The van der Waals surface area contributed by atoms with Gasteiger partial charge in [0.25, 0.3) is 11.6 Å². The van der Waals surface area contributed by atoms with E-state index in [0.717, 1.165) is 24.4 Å². The number of benzene rings is 2. The van der Waals surface area contributed by atoms with E-state index in [-0.39, 0.29) is 17.9 Å². The highest BCUT2D eigenvalue weighted by Crippen LogP contribution is 2.30. The van der Waals surface area contributed by atoms with Crippen LogP contribution in [0.1, 0.15) is 5.56 Å². The first-order chi connectivity index (χ1) is 12.0. The Morgan fingerprint density at radius 1 is 1.28 bits per heavy atom. The quantitative estimate of drug-likeness (QED) is 0.501. The van der Waals surface area contributed by atoms with Crippen LogP contribution < -0.4 is 20.0 Å². The van der Waals surface area contributed by atoms with E-state index in [2.05, 4.69) is 10.5 Å². The third kappa shape index (κ3) is 3.66. The molecule has 1 N–H and O–H groups in total. The van der Waals surface area contributed by atoms with Crippen molar-refractivity contribution in [3.05, 3.63) is 58.1 Å². The number of nitro groups is 1.